The Bertz CT molecular complexity index is 790. The molecular formula is C20H20O2. The van der Waals surface area contributed by atoms with Gasteiger partial charge >= 0.3 is 5.97 Å². The van der Waals surface area contributed by atoms with Crippen molar-refractivity contribution in [1.29, 1.82) is 0 Å². The molecule has 0 saturated heterocycles. The highest BCUT2D eigenvalue weighted by atomic mass is 16.5. The van der Waals surface area contributed by atoms with Gasteiger partial charge in [0.25, 0.3) is 0 Å². The van der Waals surface area contributed by atoms with E-state index in [1.165, 1.54) is 5.56 Å². The minimum atomic E-state index is -0.245. The number of carbonyl (C=O) groups excluding carboxylic acids is 1. The van der Waals surface area contributed by atoms with E-state index in [4.69, 9.17) is 4.74 Å². The normalized spacial score (nSPS) is 11.3. The Morgan fingerprint density at radius 3 is 1.77 bits per heavy atom. The monoisotopic (exact) mass is 292 g/mol. The van der Waals surface area contributed by atoms with Crippen molar-refractivity contribution in [2.75, 3.05) is 6.61 Å². The van der Waals surface area contributed by atoms with Gasteiger partial charge in [-0.3, -0.25) is 0 Å². The summed E-state index contributed by atoms with van der Waals surface area (Å²) < 4.78 is 5.31. The van der Waals surface area contributed by atoms with Crippen LogP contribution in [-0.2, 0) is 4.74 Å². The van der Waals surface area contributed by atoms with Crippen molar-refractivity contribution in [3.8, 4) is 0 Å². The first-order valence-electron chi connectivity index (χ1n) is 7.75. The maximum atomic E-state index is 12.5. The van der Waals surface area contributed by atoms with E-state index < -0.39 is 0 Å². The summed E-state index contributed by atoms with van der Waals surface area (Å²) in [4.78, 5) is 12.5. The van der Waals surface area contributed by atoms with E-state index in [-0.39, 0.29) is 5.97 Å². The van der Waals surface area contributed by atoms with Gasteiger partial charge < -0.3 is 4.74 Å². The van der Waals surface area contributed by atoms with Gasteiger partial charge in [-0.25, -0.2) is 4.79 Å². The second-order valence-electron chi connectivity index (χ2n) is 5.76. The number of hydrogen-bond acceptors (Lipinski definition) is 2. The number of esters is 1. The molecule has 0 aliphatic rings. The van der Waals surface area contributed by atoms with Crippen LogP contribution in [0, 0.1) is 0 Å². The lowest BCUT2D eigenvalue weighted by molar-refractivity contribution is 0.0531. The number of carbonyl (C=O) groups is 1. The van der Waals surface area contributed by atoms with Crippen LogP contribution < -0.4 is 0 Å². The van der Waals surface area contributed by atoms with Crippen LogP contribution in [0.4, 0.5) is 0 Å². The fourth-order valence-electron chi connectivity index (χ4n) is 3.21. The molecule has 0 aliphatic heterocycles. The van der Waals surface area contributed by atoms with Crippen molar-refractivity contribution in [3.63, 3.8) is 0 Å². The lowest BCUT2D eigenvalue weighted by atomic mass is 9.87. The summed E-state index contributed by atoms with van der Waals surface area (Å²) in [6.45, 7) is 6.61. The van der Waals surface area contributed by atoms with Gasteiger partial charge in [-0.15, -0.1) is 0 Å². The molecule has 0 amide bonds. The largest absolute Gasteiger partial charge is 0.462 e. The Morgan fingerprint density at radius 1 is 0.909 bits per heavy atom. The van der Waals surface area contributed by atoms with Gasteiger partial charge in [0.1, 0.15) is 0 Å². The fraction of sp³-hybridized carbons (Fsp3) is 0.250. The molecule has 0 heterocycles. The van der Waals surface area contributed by atoms with Crippen LogP contribution in [0.25, 0.3) is 21.5 Å². The SMILES string of the molecule is CCOC(=O)c1c2ccccc2c(C(C)C)c2ccccc12. The highest BCUT2D eigenvalue weighted by Gasteiger charge is 2.20. The molecule has 3 aromatic rings. The molecule has 0 spiro atoms. The third-order valence-electron chi connectivity index (χ3n) is 4.03. The predicted octanol–water partition coefficient (Wildman–Crippen LogP) is 5.29. The highest BCUT2D eigenvalue weighted by Crippen LogP contribution is 2.37. The van der Waals surface area contributed by atoms with Crippen LogP contribution in [0.5, 0.6) is 0 Å². The van der Waals surface area contributed by atoms with Crippen molar-refractivity contribution in [3.05, 3.63) is 59.7 Å². The summed E-state index contributed by atoms with van der Waals surface area (Å²) >= 11 is 0. The van der Waals surface area contributed by atoms with Crippen LogP contribution in [-0.4, -0.2) is 12.6 Å². The van der Waals surface area contributed by atoms with Crippen LogP contribution in [0.3, 0.4) is 0 Å². The Kier molecular flexibility index (Phi) is 3.84. The molecule has 0 unspecified atom stereocenters. The van der Waals surface area contributed by atoms with E-state index >= 15 is 0 Å². The minimum absolute atomic E-state index is 0.245. The molecule has 112 valence electrons. The molecule has 22 heavy (non-hydrogen) atoms. The van der Waals surface area contributed by atoms with Crippen LogP contribution in [0.2, 0.25) is 0 Å². The van der Waals surface area contributed by atoms with Gasteiger partial charge in [-0.2, -0.15) is 0 Å². The van der Waals surface area contributed by atoms with E-state index in [0.717, 1.165) is 21.5 Å². The third kappa shape index (κ3) is 2.25. The molecule has 0 radical (unpaired) electrons. The quantitative estimate of drug-likeness (QED) is 0.484. The fourth-order valence-corrected chi connectivity index (χ4v) is 3.21. The maximum absolute atomic E-state index is 12.5. The van der Waals surface area contributed by atoms with E-state index in [0.29, 0.717) is 18.1 Å². The molecule has 0 fully saturated rings. The number of benzene rings is 3. The highest BCUT2D eigenvalue weighted by molar-refractivity contribution is 6.18. The van der Waals surface area contributed by atoms with Crippen molar-refractivity contribution in [1.82, 2.24) is 0 Å². The summed E-state index contributed by atoms with van der Waals surface area (Å²) in [5, 5.41) is 4.23. The second-order valence-corrected chi connectivity index (χ2v) is 5.76. The van der Waals surface area contributed by atoms with Crippen molar-refractivity contribution < 1.29 is 9.53 Å². The van der Waals surface area contributed by atoms with Gasteiger partial charge in [-0.1, -0.05) is 62.4 Å². The van der Waals surface area contributed by atoms with Crippen LogP contribution in [0.1, 0.15) is 42.6 Å². The zero-order chi connectivity index (χ0) is 15.7. The first kappa shape index (κ1) is 14.6. The summed E-state index contributed by atoms with van der Waals surface area (Å²) in [5.41, 5.74) is 1.97. The Balaban J connectivity index is 2.52. The van der Waals surface area contributed by atoms with Crippen molar-refractivity contribution in [2.24, 2.45) is 0 Å². The predicted molar refractivity (Wildman–Crippen MR) is 91.5 cm³/mol. The minimum Gasteiger partial charge on any atom is -0.462 e. The van der Waals surface area contributed by atoms with Crippen LogP contribution in [0.15, 0.2) is 48.5 Å². The summed E-state index contributed by atoms with van der Waals surface area (Å²) in [6, 6.07) is 16.2. The lowest BCUT2D eigenvalue weighted by Crippen LogP contribution is -2.08. The van der Waals surface area contributed by atoms with Crippen LogP contribution >= 0.6 is 0 Å². The molecular weight excluding hydrogens is 272 g/mol. The topological polar surface area (TPSA) is 26.3 Å². The molecule has 2 heteroatoms. The van der Waals surface area contributed by atoms with Crippen molar-refractivity contribution in [2.45, 2.75) is 26.7 Å². The molecule has 0 aromatic heterocycles. The lowest BCUT2D eigenvalue weighted by Gasteiger charge is -2.18. The van der Waals surface area contributed by atoms with Gasteiger partial charge in [0.15, 0.2) is 0 Å². The third-order valence-corrected chi connectivity index (χ3v) is 4.03. The number of fused-ring (bicyclic) bond motifs is 2. The van der Waals surface area contributed by atoms with E-state index in [1.54, 1.807) is 0 Å². The molecule has 2 nitrogen and oxygen atoms in total. The first-order chi connectivity index (χ1) is 10.6. The van der Waals surface area contributed by atoms with Gasteiger partial charge in [0.05, 0.1) is 12.2 Å². The number of ether oxygens (including phenoxy) is 1. The summed E-state index contributed by atoms with van der Waals surface area (Å²) in [5.74, 6) is 0.135. The first-order valence-corrected chi connectivity index (χ1v) is 7.75. The molecule has 0 saturated carbocycles. The summed E-state index contributed by atoms with van der Waals surface area (Å²) in [7, 11) is 0. The molecule has 0 aliphatic carbocycles. The van der Waals surface area contributed by atoms with E-state index in [1.807, 2.05) is 43.3 Å². The molecule has 3 rings (SSSR count). The summed E-state index contributed by atoms with van der Waals surface area (Å²) in [6.07, 6.45) is 0. The van der Waals surface area contributed by atoms with Gasteiger partial charge in [-0.05, 0) is 39.9 Å². The Morgan fingerprint density at radius 2 is 1.36 bits per heavy atom. The molecule has 0 atom stereocenters. The standard InChI is InChI=1S/C20H20O2/c1-4-22-20(21)19-16-11-7-5-9-14(16)18(13(2)3)15-10-6-8-12-17(15)19/h5-13H,4H2,1-3H3. The average Bonchev–Trinajstić information content (AvgIpc) is 2.52. The number of rotatable bonds is 3. The number of hydrogen-bond donors (Lipinski definition) is 0. The zero-order valence-electron chi connectivity index (χ0n) is 13.2. The van der Waals surface area contributed by atoms with E-state index in [9.17, 15) is 4.79 Å². The maximum Gasteiger partial charge on any atom is 0.339 e. The second kappa shape index (κ2) is 5.80. The van der Waals surface area contributed by atoms with Gasteiger partial charge in [0, 0.05) is 0 Å². The molecule has 0 bridgehead atoms. The Hall–Kier alpha value is -2.35. The van der Waals surface area contributed by atoms with Gasteiger partial charge in [0.2, 0.25) is 0 Å². The Labute approximate surface area is 130 Å². The van der Waals surface area contributed by atoms with E-state index in [2.05, 4.69) is 26.0 Å². The zero-order valence-corrected chi connectivity index (χ0v) is 13.2. The average molecular weight is 292 g/mol. The smallest absolute Gasteiger partial charge is 0.339 e. The van der Waals surface area contributed by atoms with Crippen molar-refractivity contribution >= 4 is 27.5 Å². The molecule has 3 aromatic carbocycles. The molecule has 0 N–H and O–H groups in total.